The minimum atomic E-state index is -0.214. The van der Waals surface area contributed by atoms with Crippen LogP contribution in [0.2, 0.25) is 0 Å². The second-order valence-corrected chi connectivity index (χ2v) is 4.81. The van der Waals surface area contributed by atoms with E-state index >= 15 is 0 Å². The molecular formula is C15H17NO2. The molecule has 1 saturated carbocycles. The van der Waals surface area contributed by atoms with E-state index in [0.29, 0.717) is 6.10 Å². The molecule has 3 rings (SSSR count). The third-order valence-corrected chi connectivity index (χ3v) is 3.13. The molecule has 1 fully saturated rings. The summed E-state index contributed by atoms with van der Waals surface area (Å²) >= 11 is 0. The van der Waals surface area contributed by atoms with E-state index in [4.69, 9.17) is 14.9 Å². The lowest BCUT2D eigenvalue weighted by atomic mass is 10.1. The van der Waals surface area contributed by atoms with Crippen LogP contribution in [-0.2, 0) is 0 Å². The zero-order valence-electron chi connectivity index (χ0n) is 10.4. The highest BCUT2D eigenvalue weighted by Gasteiger charge is 2.23. The van der Waals surface area contributed by atoms with Gasteiger partial charge < -0.3 is 14.9 Å². The first-order chi connectivity index (χ1) is 8.72. The Morgan fingerprint density at radius 2 is 1.89 bits per heavy atom. The number of benzene rings is 1. The van der Waals surface area contributed by atoms with Gasteiger partial charge >= 0.3 is 0 Å². The smallest absolute Gasteiger partial charge is 0.125 e. The van der Waals surface area contributed by atoms with Gasteiger partial charge in [0.15, 0.2) is 0 Å². The van der Waals surface area contributed by atoms with Gasteiger partial charge in [-0.1, -0.05) is 12.1 Å². The molecule has 1 heterocycles. The fourth-order valence-corrected chi connectivity index (χ4v) is 1.92. The Morgan fingerprint density at radius 3 is 2.44 bits per heavy atom. The van der Waals surface area contributed by atoms with Crippen LogP contribution in [0.3, 0.4) is 0 Å². The summed E-state index contributed by atoms with van der Waals surface area (Å²) in [6, 6.07) is 11.6. The highest BCUT2D eigenvalue weighted by atomic mass is 16.5. The molecule has 0 saturated heterocycles. The molecule has 2 aromatic rings. The van der Waals surface area contributed by atoms with Crippen LogP contribution in [0.5, 0.6) is 5.75 Å². The number of furan rings is 1. The molecule has 0 spiro atoms. The van der Waals surface area contributed by atoms with Crippen LogP contribution < -0.4 is 10.5 Å². The maximum Gasteiger partial charge on any atom is 0.125 e. The van der Waals surface area contributed by atoms with Crippen LogP contribution in [0, 0.1) is 6.92 Å². The largest absolute Gasteiger partial charge is 0.490 e. The molecule has 1 atom stereocenters. The molecule has 1 aliphatic carbocycles. The fourth-order valence-electron chi connectivity index (χ4n) is 1.92. The van der Waals surface area contributed by atoms with Crippen LogP contribution in [-0.4, -0.2) is 6.10 Å². The van der Waals surface area contributed by atoms with E-state index in [1.54, 1.807) is 0 Å². The summed E-state index contributed by atoms with van der Waals surface area (Å²) in [4.78, 5) is 0. The minimum Gasteiger partial charge on any atom is -0.490 e. The highest BCUT2D eigenvalue weighted by molar-refractivity contribution is 5.33. The van der Waals surface area contributed by atoms with Gasteiger partial charge in [0.25, 0.3) is 0 Å². The second kappa shape index (κ2) is 4.50. The Labute approximate surface area is 107 Å². The van der Waals surface area contributed by atoms with Gasteiger partial charge in [-0.05, 0) is 49.6 Å². The van der Waals surface area contributed by atoms with Crippen molar-refractivity contribution in [2.45, 2.75) is 31.9 Å². The van der Waals surface area contributed by atoms with Crippen LogP contribution in [0.25, 0.3) is 0 Å². The average Bonchev–Trinajstić information content (AvgIpc) is 3.09. The van der Waals surface area contributed by atoms with Crippen molar-refractivity contribution in [1.82, 2.24) is 0 Å². The Bertz CT molecular complexity index is 526. The molecule has 3 nitrogen and oxygen atoms in total. The third-order valence-electron chi connectivity index (χ3n) is 3.13. The van der Waals surface area contributed by atoms with E-state index in [1.807, 2.05) is 43.3 Å². The summed E-state index contributed by atoms with van der Waals surface area (Å²) in [6.45, 7) is 1.92. The van der Waals surface area contributed by atoms with Crippen molar-refractivity contribution in [3.63, 3.8) is 0 Å². The van der Waals surface area contributed by atoms with Crippen molar-refractivity contribution < 1.29 is 9.15 Å². The minimum absolute atomic E-state index is 0.214. The topological polar surface area (TPSA) is 48.4 Å². The Morgan fingerprint density at radius 1 is 1.17 bits per heavy atom. The molecule has 0 radical (unpaired) electrons. The molecule has 0 amide bonds. The van der Waals surface area contributed by atoms with Crippen molar-refractivity contribution in [3.05, 3.63) is 53.5 Å². The molecule has 2 N–H and O–H groups in total. The zero-order chi connectivity index (χ0) is 12.5. The van der Waals surface area contributed by atoms with Gasteiger partial charge in [-0.15, -0.1) is 0 Å². The maximum absolute atomic E-state index is 6.16. The maximum atomic E-state index is 6.16. The number of rotatable bonds is 4. The first kappa shape index (κ1) is 11.4. The van der Waals surface area contributed by atoms with Crippen molar-refractivity contribution in [2.75, 3.05) is 0 Å². The van der Waals surface area contributed by atoms with E-state index in [1.165, 1.54) is 12.8 Å². The molecule has 1 aliphatic rings. The first-order valence-electron chi connectivity index (χ1n) is 6.31. The number of hydrogen-bond donors (Lipinski definition) is 1. The van der Waals surface area contributed by atoms with Gasteiger partial charge in [-0.25, -0.2) is 0 Å². The normalized spacial score (nSPS) is 16.6. The van der Waals surface area contributed by atoms with Crippen molar-refractivity contribution in [3.8, 4) is 5.75 Å². The van der Waals surface area contributed by atoms with E-state index in [0.717, 1.165) is 22.8 Å². The molecule has 1 aromatic carbocycles. The number of nitrogens with two attached hydrogens (primary N) is 1. The summed E-state index contributed by atoms with van der Waals surface area (Å²) in [5.74, 6) is 2.60. The molecule has 0 aliphatic heterocycles. The van der Waals surface area contributed by atoms with Gasteiger partial charge in [0.1, 0.15) is 17.3 Å². The van der Waals surface area contributed by atoms with Gasteiger partial charge in [-0.3, -0.25) is 0 Å². The van der Waals surface area contributed by atoms with E-state index < -0.39 is 0 Å². The van der Waals surface area contributed by atoms with Crippen LogP contribution in [0.4, 0.5) is 0 Å². The molecular weight excluding hydrogens is 226 g/mol. The average molecular weight is 243 g/mol. The number of ether oxygens (including phenoxy) is 1. The summed E-state index contributed by atoms with van der Waals surface area (Å²) in [7, 11) is 0. The van der Waals surface area contributed by atoms with E-state index in [2.05, 4.69) is 0 Å². The first-order valence-corrected chi connectivity index (χ1v) is 6.31. The lowest BCUT2D eigenvalue weighted by molar-refractivity contribution is 0.303. The molecule has 94 valence electrons. The number of aryl methyl sites for hydroxylation is 1. The van der Waals surface area contributed by atoms with E-state index in [9.17, 15) is 0 Å². The van der Waals surface area contributed by atoms with Crippen LogP contribution >= 0.6 is 0 Å². The van der Waals surface area contributed by atoms with Crippen LogP contribution in [0.1, 0.15) is 36.0 Å². The Kier molecular flexibility index (Phi) is 2.84. The monoisotopic (exact) mass is 243 g/mol. The second-order valence-electron chi connectivity index (χ2n) is 4.81. The SMILES string of the molecule is Cc1ccc(C(N)c2ccc(OC3CC3)cc2)o1. The molecule has 1 aromatic heterocycles. The molecule has 0 bridgehead atoms. The van der Waals surface area contributed by atoms with Gasteiger partial charge in [-0.2, -0.15) is 0 Å². The van der Waals surface area contributed by atoms with Gasteiger partial charge in [0, 0.05) is 0 Å². The van der Waals surface area contributed by atoms with Crippen molar-refractivity contribution in [2.24, 2.45) is 5.73 Å². The summed E-state index contributed by atoms with van der Waals surface area (Å²) in [6.07, 6.45) is 2.78. The highest BCUT2D eigenvalue weighted by Crippen LogP contribution is 2.28. The molecule has 3 heteroatoms. The quantitative estimate of drug-likeness (QED) is 0.897. The Hall–Kier alpha value is -1.74. The van der Waals surface area contributed by atoms with Gasteiger partial charge in [0.2, 0.25) is 0 Å². The zero-order valence-corrected chi connectivity index (χ0v) is 10.4. The number of hydrogen-bond acceptors (Lipinski definition) is 3. The summed E-state index contributed by atoms with van der Waals surface area (Å²) in [5.41, 5.74) is 7.19. The summed E-state index contributed by atoms with van der Waals surface area (Å²) < 4.78 is 11.3. The Balaban J connectivity index is 1.74. The van der Waals surface area contributed by atoms with Crippen LogP contribution in [0.15, 0.2) is 40.8 Å². The third kappa shape index (κ3) is 2.41. The predicted molar refractivity (Wildman–Crippen MR) is 69.6 cm³/mol. The lowest BCUT2D eigenvalue weighted by Gasteiger charge is -2.10. The lowest BCUT2D eigenvalue weighted by Crippen LogP contribution is -2.10. The van der Waals surface area contributed by atoms with Crippen molar-refractivity contribution >= 4 is 0 Å². The molecule has 18 heavy (non-hydrogen) atoms. The summed E-state index contributed by atoms with van der Waals surface area (Å²) in [5, 5.41) is 0. The van der Waals surface area contributed by atoms with Crippen molar-refractivity contribution in [1.29, 1.82) is 0 Å². The van der Waals surface area contributed by atoms with Gasteiger partial charge in [0.05, 0.1) is 12.1 Å². The molecule has 1 unspecified atom stereocenters. The predicted octanol–water partition coefficient (Wildman–Crippen LogP) is 3.18. The fraction of sp³-hybridized carbons (Fsp3) is 0.333. The van der Waals surface area contributed by atoms with E-state index in [-0.39, 0.29) is 6.04 Å². The standard InChI is InChI=1S/C15H17NO2/c1-10-2-9-14(17-10)15(16)11-3-5-12(6-4-11)18-13-7-8-13/h2-6,9,13,15H,7-8,16H2,1H3.